The second kappa shape index (κ2) is 6.28. The Hall–Kier alpha value is -1.96. The number of amides is 1. The highest BCUT2D eigenvalue weighted by Gasteiger charge is 2.12. The van der Waals surface area contributed by atoms with Crippen LogP contribution < -0.4 is 5.32 Å². The van der Waals surface area contributed by atoms with E-state index in [1.807, 2.05) is 13.8 Å². The largest absolute Gasteiger partial charge is 0.416 e. The van der Waals surface area contributed by atoms with Crippen LogP contribution in [0, 0.1) is 0 Å². The maximum absolute atomic E-state index is 11.6. The molecule has 0 saturated carbocycles. The molecule has 0 aliphatic heterocycles. The average Bonchev–Trinajstić information content (AvgIpc) is 2.86. The van der Waals surface area contributed by atoms with Crippen LogP contribution in [0.5, 0.6) is 0 Å². The van der Waals surface area contributed by atoms with Gasteiger partial charge in [-0.05, 0) is 6.07 Å². The molecule has 1 amide bonds. The van der Waals surface area contributed by atoms with Gasteiger partial charge in [-0.1, -0.05) is 25.6 Å². The molecule has 1 N–H and O–H groups in total. The number of anilines is 1. The number of rotatable bonds is 5. The van der Waals surface area contributed by atoms with Crippen molar-refractivity contribution < 1.29 is 9.21 Å². The van der Waals surface area contributed by atoms with Crippen LogP contribution in [0.2, 0.25) is 0 Å². The predicted molar refractivity (Wildman–Crippen MR) is 69.8 cm³/mol. The van der Waals surface area contributed by atoms with Gasteiger partial charge in [-0.2, -0.15) is 0 Å². The van der Waals surface area contributed by atoms with E-state index in [-0.39, 0.29) is 23.5 Å². The van der Waals surface area contributed by atoms with Gasteiger partial charge in [0.15, 0.2) is 0 Å². The molecule has 8 heteroatoms. The first-order valence-corrected chi connectivity index (χ1v) is 6.67. The molecule has 0 aliphatic carbocycles. The third-order valence-electron chi connectivity index (χ3n) is 2.06. The molecule has 2 aromatic heterocycles. The molecule has 19 heavy (non-hydrogen) atoms. The quantitative estimate of drug-likeness (QED) is 0.832. The van der Waals surface area contributed by atoms with Gasteiger partial charge in [0.25, 0.3) is 5.22 Å². The maximum atomic E-state index is 11.6. The van der Waals surface area contributed by atoms with E-state index in [2.05, 4.69) is 25.5 Å². The summed E-state index contributed by atoms with van der Waals surface area (Å²) in [5.74, 6) is 0.961. The summed E-state index contributed by atoms with van der Waals surface area (Å²) < 4.78 is 5.38. The molecule has 2 aromatic rings. The minimum absolute atomic E-state index is 0.165. The van der Waals surface area contributed by atoms with Crippen LogP contribution in [0.4, 0.5) is 5.95 Å². The number of thioether (sulfide) groups is 1. The van der Waals surface area contributed by atoms with Gasteiger partial charge < -0.3 is 4.42 Å². The van der Waals surface area contributed by atoms with Crippen molar-refractivity contribution in [3.63, 3.8) is 0 Å². The van der Waals surface area contributed by atoms with Crippen molar-refractivity contribution in [1.29, 1.82) is 0 Å². The van der Waals surface area contributed by atoms with Crippen LogP contribution in [0.3, 0.4) is 0 Å². The lowest BCUT2D eigenvalue weighted by Gasteiger charge is -2.00. The van der Waals surface area contributed by atoms with Crippen molar-refractivity contribution in [3.05, 3.63) is 24.4 Å². The lowest BCUT2D eigenvalue weighted by Crippen LogP contribution is -2.15. The summed E-state index contributed by atoms with van der Waals surface area (Å²) in [7, 11) is 0. The molecule has 0 unspecified atom stereocenters. The minimum atomic E-state index is -0.222. The monoisotopic (exact) mass is 279 g/mol. The molecule has 0 bridgehead atoms. The third kappa shape index (κ3) is 4.02. The number of carbonyl (C=O) groups excluding carboxylic acids is 1. The van der Waals surface area contributed by atoms with Crippen LogP contribution in [0.25, 0.3) is 0 Å². The van der Waals surface area contributed by atoms with Gasteiger partial charge in [-0.3, -0.25) is 10.1 Å². The molecule has 0 fully saturated rings. The van der Waals surface area contributed by atoms with Crippen LogP contribution in [0.15, 0.2) is 28.1 Å². The minimum Gasteiger partial charge on any atom is -0.416 e. The van der Waals surface area contributed by atoms with E-state index in [1.165, 1.54) is 11.8 Å². The lowest BCUT2D eigenvalue weighted by atomic mass is 10.2. The molecule has 7 nitrogen and oxygen atoms in total. The molecule has 0 spiro atoms. The molecule has 2 rings (SSSR count). The number of nitrogens with zero attached hydrogens (tertiary/aromatic N) is 4. The summed E-state index contributed by atoms with van der Waals surface area (Å²) in [4.78, 5) is 19.4. The van der Waals surface area contributed by atoms with Crippen molar-refractivity contribution in [3.8, 4) is 0 Å². The van der Waals surface area contributed by atoms with E-state index in [1.54, 1.807) is 18.5 Å². The molecule has 0 saturated heterocycles. The Morgan fingerprint density at radius 1 is 1.37 bits per heavy atom. The molecule has 0 aromatic carbocycles. The summed E-state index contributed by atoms with van der Waals surface area (Å²) in [6.07, 6.45) is 3.12. The molecule has 0 radical (unpaired) electrons. The summed E-state index contributed by atoms with van der Waals surface area (Å²) in [5, 5.41) is 10.7. The van der Waals surface area contributed by atoms with Crippen LogP contribution >= 0.6 is 11.8 Å². The van der Waals surface area contributed by atoms with Crippen LogP contribution in [-0.4, -0.2) is 31.8 Å². The fourth-order valence-corrected chi connectivity index (χ4v) is 1.73. The Labute approximate surface area is 114 Å². The molecule has 2 heterocycles. The maximum Gasteiger partial charge on any atom is 0.277 e. The summed E-state index contributed by atoms with van der Waals surface area (Å²) in [6, 6.07) is 1.68. The van der Waals surface area contributed by atoms with Gasteiger partial charge in [-0.15, -0.1) is 10.2 Å². The number of nitrogens with one attached hydrogen (secondary N) is 1. The Bertz CT molecular complexity index is 543. The fraction of sp³-hybridized carbons (Fsp3) is 0.364. The van der Waals surface area contributed by atoms with Crippen molar-refractivity contribution in [1.82, 2.24) is 20.2 Å². The van der Waals surface area contributed by atoms with Crippen LogP contribution in [0.1, 0.15) is 25.7 Å². The normalized spacial score (nSPS) is 10.7. The number of hydrogen-bond donors (Lipinski definition) is 1. The van der Waals surface area contributed by atoms with Gasteiger partial charge in [0.2, 0.25) is 17.7 Å². The fourth-order valence-electron chi connectivity index (χ4n) is 1.16. The van der Waals surface area contributed by atoms with Gasteiger partial charge in [0, 0.05) is 18.3 Å². The van der Waals surface area contributed by atoms with Gasteiger partial charge in [0.1, 0.15) is 0 Å². The van der Waals surface area contributed by atoms with Gasteiger partial charge in [0.05, 0.1) is 5.75 Å². The molecule has 100 valence electrons. The summed E-state index contributed by atoms with van der Waals surface area (Å²) >= 11 is 1.18. The zero-order valence-corrected chi connectivity index (χ0v) is 11.3. The molecule has 0 atom stereocenters. The molecular formula is C11H13N5O2S. The Morgan fingerprint density at radius 2 is 2.11 bits per heavy atom. The first-order chi connectivity index (χ1) is 9.15. The highest BCUT2D eigenvalue weighted by Crippen LogP contribution is 2.20. The molecular weight excluding hydrogens is 266 g/mol. The standard InChI is InChI=1S/C11H13N5O2S/c1-7(2)9-15-16-11(18-9)19-6-8(17)14-10-12-4-3-5-13-10/h3-5,7H,6H2,1-2H3,(H,12,13,14,17). The zero-order chi connectivity index (χ0) is 13.7. The summed E-state index contributed by atoms with van der Waals surface area (Å²) in [6.45, 7) is 3.92. The van der Waals surface area contributed by atoms with E-state index in [0.29, 0.717) is 11.1 Å². The molecule has 0 aliphatic rings. The van der Waals surface area contributed by atoms with Crippen LogP contribution in [-0.2, 0) is 4.79 Å². The van der Waals surface area contributed by atoms with E-state index < -0.39 is 0 Å². The number of carbonyl (C=O) groups is 1. The van der Waals surface area contributed by atoms with Gasteiger partial charge >= 0.3 is 0 Å². The Kier molecular flexibility index (Phi) is 4.45. The highest BCUT2D eigenvalue weighted by molar-refractivity contribution is 7.99. The Morgan fingerprint density at radius 3 is 2.74 bits per heavy atom. The second-order valence-corrected chi connectivity index (χ2v) is 4.90. The first-order valence-electron chi connectivity index (χ1n) is 5.68. The number of aromatic nitrogens is 4. The van der Waals surface area contributed by atoms with E-state index in [0.717, 1.165) is 0 Å². The topological polar surface area (TPSA) is 93.8 Å². The first kappa shape index (κ1) is 13.5. The zero-order valence-electron chi connectivity index (χ0n) is 10.5. The van der Waals surface area contributed by atoms with Crippen molar-refractivity contribution in [2.75, 3.05) is 11.1 Å². The summed E-state index contributed by atoms with van der Waals surface area (Å²) in [5.41, 5.74) is 0. The van der Waals surface area contributed by atoms with Crippen molar-refractivity contribution in [2.24, 2.45) is 0 Å². The predicted octanol–water partition coefficient (Wildman–Crippen LogP) is 1.71. The van der Waals surface area contributed by atoms with E-state index in [4.69, 9.17) is 4.42 Å². The smallest absolute Gasteiger partial charge is 0.277 e. The van der Waals surface area contributed by atoms with Gasteiger partial charge in [-0.25, -0.2) is 9.97 Å². The number of hydrogen-bond acceptors (Lipinski definition) is 7. The third-order valence-corrected chi connectivity index (χ3v) is 2.88. The SMILES string of the molecule is CC(C)c1nnc(SCC(=O)Nc2ncccn2)o1. The van der Waals surface area contributed by atoms with Crippen molar-refractivity contribution >= 4 is 23.6 Å². The lowest BCUT2D eigenvalue weighted by molar-refractivity contribution is -0.113. The Balaban J connectivity index is 1.83. The van der Waals surface area contributed by atoms with E-state index in [9.17, 15) is 4.79 Å². The van der Waals surface area contributed by atoms with E-state index >= 15 is 0 Å². The second-order valence-electron chi connectivity index (χ2n) is 3.97. The highest BCUT2D eigenvalue weighted by atomic mass is 32.2. The van der Waals surface area contributed by atoms with Crippen molar-refractivity contribution in [2.45, 2.75) is 25.0 Å². The average molecular weight is 279 g/mol.